The molecule has 104 valence electrons. The van der Waals surface area contributed by atoms with Crippen LogP contribution in [0.1, 0.15) is 38.5 Å². The second kappa shape index (κ2) is 7.17. The summed E-state index contributed by atoms with van der Waals surface area (Å²) >= 11 is 0. The fourth-order valence-electron chi connectivity index (χ4n) is 2.88. The summed E-state index contributed by atoms with van der Waals surface area (Å²) < 4.78 is 0. The molecule has 0 bridgehead atoms. The number of carboxylic acids is 1. The summed E-state index contributed by atoms with van der Waals surface area (Å²) in [7, 11) is 0. The highest BCUT2D eigenvalue weighted by Gasteiger charge is 2.18. The summed E-state index contributed by atoms with van der Waals surface area (Å²) in [5, 5.41) is 8.89. The summed E-state index contributed by atoms with van der Waals surface area (Å²) in [5.74, 6) is 0.00678. The topological polar surface area (TPSA) is 40.5 Å². The Morgan fingerprint density at radius 3 is 2.47 bits per heavy atom. The molecule has 0 atom stereocenters. The van der Waals surface area contributed by atoms with Crippen molar-refractivity contribution in [2.45, 2.75) is 38.5 Å². The predicted molar refractivity (Wildman–Crippen MR) is 77.5 cm³/mol. The number of nitrogens with zero attached hydrogens (tertiary/aromatic N) is 1. The second-order valence-electron chi connectivity index (χ2n) is 5.43. The fraction of sp³-hybridized carbons (Fsp3) is 0.562. The maximum absolute atomic E-state index is 10.8. The Labute approximate surface area is 115 Å². The Kier molecular flexibility index (Phi) is 5.25. The molecule has 19 heavy (non-hydrogen) atoms. The highest BCUT2D eigenvalue weighted by Crippen LogP contribution is 2.26. The first-order valence-electron chi connectivity index (χ1n) is 7.27. The van der Waals surface area contributed by atoms with Crippen molar-refractivity contribution in [3.63, 3.8) is 0 Å². The van der Waals surface area contributed by atoms with Crippen LogP contribution < -0.4 is 4.90 Å². The third-order valence-electron chi connectivity index (χ3n) is 3.92. The Morgan fingerprint density at radius 2 is 1.84 bits per heavy atom. The lowest BCUT2D eigenvalue weighted by Gasteiger charge is -2.31. The lowest BCUT2D eigenvalue weighted by atomic mass is 9.89. The van der Waals surface area contributed by atoms with Crippen LogP contribution in [0.15, 0.2) is 30.3 Å². The summed E-state index contributed by atoms with van der Waals surface area (Å²) in [4.78, 5) is 13.0. The first kappa shape index (κ1) is 13.9. The van der Waals surface area contributed by atoms with E-state index in [1.54, 1.807) is 0 Å². The van der Waals surface area contributed by atoms with Crippen molar-refractivity contribution in [1.82, 2.24) is 0 Å². The van der Waals surface area contributed by atoms with Gasteiger partial charge in [0.2, 0.25) is 0 Å². The molecule has 0 radical (unpaired) electrons. The summed E-state index contributed by atoms with van der Waals surface area (Å²) in [6, 6.07) is 10.2. The van der Waals surface area contributed by atoms with Crippen molar-refractivity contribution in [2.24, 2.45) is 5.92 Å². The van der Waals surface area contributed by atoms with Crippen LogP contribution in [0.5, 0.6) is 0 Å². The average molecular weight is 261 g/mol. The van der Waals surface area contributed by atoms with E-state index in [4.69, 9.17) is 5.11 Å². The van der Waals surface area contributed by atoms with Gasteiger partial charge >= 0.3 is 5.97 Å². The van der Waals surface area contributed by atoms with Crippen LogP contribution in [0.25, 0.3) is 0 Å². The highest BCUT2D eigenvalue weighted by atomic mass is 16.4. The molecule has 0 unspecified atom stereocenters. The van der Waals surface area contributed by atoms with Crippen molar-refractivity contribution < 1.29 is 9.90 Å². The van der Waals surface area contributed by atoms with Gasteiger partial charge < -0.3 is 10.0 Å². The monoisotopic (exact) mass is 261 g/mol. The zero-order chi connectivity index (χ0) is 13.5. The smallest absolute Gasteiger partial charge is 0.305 e. The number of hydrogen-bond acceptors (Lipinski definition) is 2. The largest absolute Gasteiger partial charge is 0.481 e. The molecule has 0 heterocycles. The molecule has 0 saturated heterocycles. The molecule has 1 aromatic rings. The van der Waals surface area contributed by atoms with Crippen molar-refractivity contribution >= 4 is 11.7 Å². The van der Waals surface area contributed by atoms with Crippen LogP contribution in [0.2, 0.25) is 0 Å². The number of carboxylic acid groups (broad SMARTS) is 1. The maximum atomic E-state index is 10.8. The predicted octanol–water partition coefficient (Wildman–Crippen LogP) is 3.55. The summed E-state index contributed by atoms with van der Waals surface area (Å²) in [5.41, 5.74) is 1.15. The molecule has 0 amide bonds. The highest BCUT2D eigenvalue weighted by molar-refractivity contribution is 5.67. The van der Waals surface area contributed by atoms with E-state index in [1.807, 2.05) is 18.2 Å². The standard InChI is InChI=1S/C16H23NO2/c18-16(19)11-12-17(15-9-5-2-6-10-15)13-14-7-3-1-4-8-14/h2,5-6,9-10,14H,1,3-4,7-8,11-13H2,(H,18,19). The first-order chi connectivity index (χ1) is 9.25. The molecule has 0 aliphatic heterocycles. The van der Waals surface area contributed by atoms with Crippen LogP contribution in [-0.2, 0) is 4.79 Å². The lowest BCUT2D eigenvalue weighted by Crippen LogP contribution is -2.32. The first-order valence-corrected chi connectivity index (χ1v) is 7.27. The van der Waals surface area contributed by atoms with Gasteiger partial charge in [0.1, 0.15) is 0 Å². The Bertz CT molecular complexity index is 385. The van der Waals surface area contributed by atoms with Gasteiger partial charge in [-0.15, -0.1) is 0 Å². The quantitative estimate of drug-likeness (QED) is 0.851. The molecule has 1 N–H and O–H groups in total. The van der Waals surface area contributed by atoms with Crippen molar-refractivity contribution in [3.05, 3.63) is 30.3 Å². The van der Waals surface area contributed by atoms with Crippen LogP contribution >= 0.6 is 0 Å². The van der Waals surface area contributed by atoms with Gasteiger partial charge in [0.05, 0.1) is 6.42 Å². The molecule has 0 aromatic heterocycles. The van der Waals surface area contributed by atoms with Gasteiger partial charge in [-0.1, -0.05) is 37.5 Å². The normalized spacial score (nSPS) is 16.2. The van der Waals surface area contributed by atoms with Crippen molar-refractivity contribution in [1.29, 1.82) is 0 Å². The van der Waals surface area contributed by atoms with Crippen LogP contribution in [0.4, 0.5) is 5.69 Å². The average Bonchev–Trinajstić information content (AvgIpc) is 2.45. The minimum Gasteiger partial charge on any atom is -0.481 e. The Hall–Kier alpha value is -1.51. The number of aliphatic carboxylic acids is 1. The van der Waals surface area contributed by atoms with E-state index in [9.17, 15) is 4.79 Å². The second-order valence-corrected chi connectivity index (χ2v) is 5.43. The number of carbonyl (C=O) groups is 1. The molecule has 0 spiro atoms. The van der Waals surface area contributed by atoms with E-state index in [1.165, 1.54) is 32.1 Å². The van der Waals surface area contributed by atoms with Crippen molar-refractivity contribution in [3.8, 4) is 0 Å². The molecule has 1 saturated carbocycles. The van der Waals surface area contributed by atoms with E-state index < -0.39 is 5.97 Å². The van der Waals surface area contributed by atoms with Gasteiger partial charge in [-0.3, -0.25) is 4.79 Å². The molecule has 1 aliphatic rings. The molecular formula is C16H23NO2. The molecule has 3 heteroatoms. The van der Waals surface area contributed by atoms with Crippen LogP contribution in [0.3, 0.4) is 0 Å². The molecule has 1 aliphatic carbocycles. The Morgan fingerprint density at radius 1 is 1.16 bits per heavy atom. The zero-order valence-electron chi connectivity index (χ0n) is 11.4. The minimum atomic E-state index is -0.718. The molecule has 3 nitrogen and oxygen atoms in total. The Balaban J connectivity index is 1.98. The molecule has 1 aromatic carbocycles. The number of rotatable bonds is 6. The van der Waals surface area contributed by atoms with E-state index in [0.717, 1.165) is 18.2 Å². The minimum absolute atomic E-state index is 0.210. The van der Waals surface area contributed by atoms with Crippen LogP contribution in [0, 0.1) is 5.92 Å². The molecular weight excluding hydrogens is 238 g/mol. The number of para-hydroxylation sites is 1. The number of benzene rings is 1. The van der Waals surface area contributed by atoms with Gasteiger partial charge in [0, 0.05) is 18.8 Å². The summed E-state index contributed by atoms with van der Waals surface area (Å²) in [6.07, 6.45) is 6.80. The van der Waals surface area contributed by atoms with Gasteiger partial charge in [-0.05, 0) is 30.9 Å². The van der Waals surface area contributed by atoms with Crippen LogP contribution in [-0.4, -0.2) is 24.2 Å². The van der Waals surface area contributed by atoms with E-state index in [2.05, 4.69) is 17.0 Å². The third-order valence-corrected chi connectivity index (χ3v) is 3.92. The SMILES string of the molecule is O=C(O)CCN(CC1CCCCC1)c1ccccc1. The third kappa shape index (κ3) is 4.58. The number of anilines is 1. The van der Waals surface area contributed by atoms with Gasteiger partial charge in [-0.2, -0.15) is 0 Å². The lowest BCUT2D eigenvalue weighted by molar-refractivity contribution is -0.136. The van der Waals surface area contributed by atoms with E-state index >= 15 is 0 Å². The maximum Gasteiger partial charge on any atom is 0.305 e. The molecule has 2 rings (SSSR count). The van der Waals surface area contributed by atoms with Gasteiger partial charge in [0.25, 0.3) is 0 Å². The molecule has 1 fully saturated rings. The van der Waals surface area contributed by atoms with Crippen molar-refractivity contribution in [2.75, 3.05) is 18.0 Å². The van der Waals surface area contributed by atoms with Gasteiger partial charge in [-0.25, -0.2) is 0 Å². The zero-order valence-corrected chi connectivity index (χ0v) is 11.4. The van der Waals surface area contributed by atoms with Gasteiger partial charge in [0.15, 0.2) is 0 Å². The fourth-order valence-corrected chi connectivity index (χ4v) is 2.88. The summed E-state index contributed by atoms with van der Waals surface area (Å²) in [6.45, 7) is 1.60. The number of hydrogen-bond donors (Lipinski definition) is 1. The van der Waals surface area contributed by atoms with E-state index in [-0.39, 0.29) is 6.42 Å². The van der Waals surface area contributed by atoms with E-state index in [0.29, 0.717) is 6.54 Å².